The van der Waals surface area contributed by atoms with Crippen molar-refractivity contribution in [2.24, 2.45) is 5.92 Å². The third-order valence-electron chi connectivity index (χ3n) is 3.05. The lowest BCUT2D eigenvalue weighted by atomic mass is 10.1. The Bertz CT molecular complexity index is 251. The van der Waals surface area contributed by atoms with Gasteiger partial charge in [0, 0.05) is 12.8 Å². The maximum absolute atomic E-state index is 11.4. The number of hydrogen-bond donors (Lipinski definition) is 0. The molecule has 0 aliphatic carbocycles. The minimum Gasteiger partial charge on any atom is -0.466 e. The van der Waals surface area contributed by atoms with Crippen molar-refractivity contribution in [3.63, 3.8) is 0 Å². The van der Waals surface area contributed by atoms with Crippen molar-refractivity contribution in [2.75, 3.05) is 13.2 Å². The van der Waals surface area contributed by atoms with E-state index in [1.165, 1.54) is 0 Å². The first kappa shape index (κ1) is 17.9. The summed E-state index contributed by atoms with van der Waals surface area (Å²) < 4.78 is 10.1. The fourth-order valence-corrected chi connectivity index (χ4v) is 1.48. The van der Waals surface area contributed by atoms with Crippen LogP contribution in [0, 0.1) is 5.92 Å². The number of carbonyl (C=O) groups is 2. The molecule has 0 saturated carbocycles. The second kappa shape index (κ2) is 12.0. The van der Waals surface area contributed by atoms with Crippen LogP contribution in [0.1, 0.15) is 65.7 Å². The van der Waals surface area contributed by atoms with E-state index in [1.807, 2.05) is 6.92 Å². The largest absolute Gasteiger partial charge is 0.466 e. The first-order valence-electron chi connectivity index (χ1n) is 7.41. The number of rotatable bonds is 11. The molecule has 112 valence electrons. The number of carbonyl (C=O) groups excluding carboxylic acids is 2. The quantitative estimate of drug-likeness (QED) is 0.427. The van der Waals surface area contributed by atoms with Crippen LogP contribution < -0.4 is 0 Å². The molecule has 0 N–H and O–H groups in total. The van der Waals surface area contributed by atoms with Gasteiger partial charge in [-0.1, -0.05) is 27.2 Å². The monoisotopic (exact) mass is 272 g/mol. The smallest absolute Gasteiger partial charge is 0.305 e. The number of hydrogen-bond acceptors (Lipinski definition) is 4. The van der Waals surface area contributed by atoms with E-state index in [4.69, 9.17) is 9.47 Å². The van der Waals surface area contributed by atoms with E-state index in [1.54, 1.807) is 0 Å². The van der Waals surface area contributed by atoms with E-state index in [-0.39, 0.29) is 11.9 Å². The molecule has 0 heterocycles. The van der Waals surface area contributed by atoms with Gasteiger partial charge in [-0.05, 0) is 31.6 Å². The van der Waals surface area contributed by atoms with Crippen molar-refractivity contribution in [3.8, 4) is 0 Å². The zero-order valence-electron chi connectivity index (χ0n) is 12.6. The fraction of sp³-hybridized carbons (Fsp3) is 0.867. The molecule has 0 aliphatic heterocycles. The van der Waals surface area contributed by atoms with Crippen molar-refractivity contribution in [3.05, 3.63) is 0 Å². The molecule has 0 rings (SSSR count). The molecule has 4 nitrogen and oxygen atoms in total. The highest BCUT2D eigenvalue weighted by atomic mass is 16.5. The van der Waals surface area contributed by atoms with Crippen LogP contribution in [0.4, 0.5) is 0 Å². The van der Waals surface area contributed by atoms with Gasteiger partial charge in [0.15, 0.2) is 0 Å². The average molecular weight is 272 g/mol. The summed E-state index contributed by atoms with van der Waals surface area (Å²) in [5, 5.41) is 0. The molecule has 0 fully saturated rings. The lowest BCUT2D eigenvalue weighted by Crippen LogP contribution is -2.09. The van der Waals surface area contributed by atoms with Gasteiger partial charge in [-0.3, -0.25) is 9.59 Å². The zero-order chi connectivity index (χ0) is 14.5. The van der Waals surface area contributed by atoms with Gasteiger partial charge in [-0.2, -0.15) is 0 Å². The van der Waals surface area contributed by atoms with Crippen LogP contribution >= 0.6 is 0 Å². The molecule has 0 radical (unpaired) electrons. The molecule has 1 unspecified atom stereocenters. The Hall–Kier alpha value is -1.06. The summed E-state index contributed by atoms with van der Waals surface area (Å²) in [6.07, 6.45) is 5.02. The van der Waals surface area contributed by atoms with Crippen molar-refractivity contribution >= 4 is 11.9 Å². The van der Waals surface area contributed by atoms with Crippen LogP contribution in [0.2, 0.25) is 0 Å². The Balaban J connectivity index is 3.40. The van der Waals surface area contributed by atoms with E-state index in [0.717, 1.165) is 19.3 Å². The lowest BCUT2D eigenvalue weighted by Gasteiger charge is -2.08. The molecule has 0 aliphatic rings. The Labute approximate surface area is 116 Å². The third kappa shape index (κ3) is 11.7. The predicted octanol–water partition coefficient (Wildman–Crippen LogP) is 3.48. The Kier molecular flexibility index (Phi) is 11.3. The second-order valence-corrected chi connectivity index (χ2v) is 4.95. The molecule has 0 aromatic heterocycles. The van der Waals surface area contributed by atoms with Gasteiger partial charge in [-0.15, -0.1) is 0 Å². The molecule has 0 amide bonds. The molecule has 0 aromatic rings. The first-order valence-corrected chi connectivity index (χ1v) is 7.41. The maximum Gasteiger partial charge on any atom is 0.305 e. The van der Waals surface area contributed by atoms with Crippen molar-refractivity contribution < 1.29 is 19.1 Å². The fourth-order valence-electron chi connectivity index (χ4n) is 1.48. The zero-order valence-corrected chi connectivity index (χ0v) is 12.6. The van der Waals surface area contributed by atoms with E-state index in [2.05, 4.69) is 13.8 Å². The van der Waals surface area contributed by atoms with Gasteiger partial charge in [-0.25, -0.2) is 0 Å². The number of ether oxygens (including phenoxy) is 2. The summed E-state index contributed by atoms with van der Waals surface area (Å²) in [7, 11) is 0. The molecule has 0 bridgehead atoms. The van der Waals surface area contributed by atoms with Gasteiger partial charge in [0.1, 0.15) is 0 Å². The summed E-state index contributed by atoms with van der Waals surface area (Å²) >= 11 is 0. The van der Waals surface area contributed by atoms with Crippen LogP contribution in [0.5, 0.6) is 0 Å². The third-order valence-corrected chi connectivity index (χ3v) is 3.05. The molecular formula is C15H28O4. The van der Waals surface area contributed by atoms with Crippen LogP contribution in [-0.2, 0) is 19.1 Å². The molecule has 1 atom stereocenters. The van der Waals surface area contributed by atoms with Crippen LogP contribution in [0.15, 0.2) is 0 Å². The Morgan fingerprint density at radius 3 is 1.95 bits per heavy atom. The molecular weight excluding hydrogens is 244 g/mol. The SMILES string of the molecule is CCCOC(=O)CCCCC(=O)OCCC(C)CC. The van der Waals surface area contributed by atoms with Gasteiger partial charge >= 0.3 is 11.9 Å². The summed E-state index contributed by atoms with van der Waals surface area (Å²) in [4.78, 5) is 22.6. The Morgan fingerprint density at radius 2 is 1.47 bits per heavy atom. The molecule has 4 heteroatoms. The Morgan fingerprint density at radius 1 is 0.947 bits per heavy atom. The summed E-state index contributed by atoms with van der Waals surface area (Å²) in [6.45, 7) is 7.23. The van der Waals surface area contributed by atoms with Crippen LogP contribution in [0.25, 0.3) is 0 Å². The standard InChI is InChI=1S/C15H28O4/c1-4-11-18-14(16)8-6-7-9-15(17)19-12-10-13(3)5-2/h13H,4-12H2,1-3H3. The van der Waals surface area contributed by atoms with Gasteiger partial charge in [0.25, 0.3) is 0 Å². The predicted molar refractivity (Wildman–Crippen MR) is 74.7 cm³/mol. The van der Waals surface area contributed by atoms with Gasteiger partial charge < -0.3 is 9.47 Å². The van der Waals surface area contributed by atoms with E-state index in [9.17, 15) is 9.59 Å². The summed E-state index contributed by atoms with van der Waals surface area (Å²) in [6, 6.07) is 0. The highest BCUT2D eigenvalue weighted by molar-refractivity contribution is 5.70. The van der Waals surface area contributed by atoms with Crippen molar-refractivity contribution in [1.29, 1.82) is 0 Å². The maximum atomic E-state index is 11.4. The number of unbranched alkanes of at least 4 members (excludes halogenated alkanes) is 1. The topological polar surface area (TPSA) is 52.6 Å². The van der Waals surface area contributed by atoms with Crippen LogP contribution in [0.3, 0.4) is 0 Å². The van der Waals surface area contributed by atoms with Gasteiger partial charge in [0.05, 0.1) is 13.2 Å². The van der Waals surface area contributed by atoms with Crippen molar-refractivity contribution in [1.82, 2.24) is 0 Å². The van der Waals surface area contributed by atoms with E-state index in [0.29, 0.717) is 44.8 Å². The minimum absolute atomic E-state index is 0.162. The molecule has 19 heavy (non-hydrogen) atoms. The first-order chi connectivity index (χ1) is 9.10. The van der Waals surface area contributed by atoms with Crippen LogP contribution in [-0.4, -0.2) is 25.2 Å². The average Bonchev–Trinajstić information content (AvgIpc) is 2.41. The van der Waals surface area contributed by atoms with Crippen molar-refractivity contribution in [2.45, 2.75) is 65.7 Å². The van der Waals surface area contributed by atoms with E-state index >= 15 is 0 Å². The van der Waals surface area contributed by atoms with Gasteiger partial charge in [0.2, 0.25) is 0 Å². The highest BCUT2D eigenvalue weighted by Gasteiger charge is 2.06. The summed E-state index contributed by atoms with van der Waals surface area (Å²) in [5.74, 6) is 0.262. The second-order valence-electron chi connectivity index (χ2n) is 4.95. The normalized spacial score (nSPS) is 11.9. The minimum atomic E-state index is -0.174. The molecule has 0 spiro atoms. The lowest BCUT2D eigenvalue weighted by molar-refractivity contribution is -0.146. The molecule has 0 aromatic carbocycles. The number of esters is 2. The summed E-state index contributed by atoms with van der Waals surface area (Å²) in [5.41, 5.74) is 0. The highest BCUT2D eigenvalue weighted by Crippen LogP contribution is 2.07. The molecule has 0 saturated heterocycles. The van der Waals surface area contributed by atoms with E-state index < -0.39 is 0 Å².